The highest BCUT2D eigenvalue weighted by molar-refractivity contribution is 7.99. The van der Waals surface area contributed by atoms with Gasteiger partial charge in [-0.3, -0.25) is 4.79 Å². The summed E-state index contributed by atoms with van der Waals surface area (Å²) in [4.78, 5) is 30.3. The molecule has 0 bridgehead atoms. The van der Waals surface area contributed by atoms with Gasteiger partial charge in [-0.25, -0.2) is 9.78 Å². The van der Waals surface area contributed by atoms with E-state index in [0.717, 1.165) is 15.1 Å². The van der Waals surface area contributed by atoms with Crippen molar-refractivity contribution in [2.75, 3.05) is 0 Å². The van der Waals surface area contributed by atoms with Gasteiger partial charge in [0.1, 0.15) is 10.5 Å². The molecule has 0 atom stereocenters. The van der Waals surface area contributed by atoms with E-state index in [4.69, 9.17) is 4.74 Å². The van der Waals surface area contributed by atoms with Gasteiger partial charge < -0.3 is 4.74 Å². The number of carbonyl (C=O) groups excluding carboxylic acids is 1. The van der Waals surface area contributed by atoms with Crippen molar-refractivity contribution in [1.82, 2.24) is 20.0 Å². The average Bonchev–Trinajstić information content (AvgIpc) is 2.75. The number of esters is 1. The maximum absolute atomic E-state index is 12.6. The van der Waals surface area contributed by atoms with Crippen LogP contribution in [0.3, 0.4) is 0 Å². The van der Waals surface area contributed by atoms with Crippen molar-refractivity contribution in [2.24, 2.45) is 0 Å². The number of carbonyl (C=O) groups is 1. The minimum atomic E-state index is -0.588. The number of aryl methyl sites for hydroxylation is 1. The Kier molecular flexibility index (Phi) is 5.35. The van der Waals surface area contributed by atoms with E-state index in [-0.39, 0.29) is 12.3 Å². The van der Waals surface area contributed by atoms with Crippen LogP contribution in [0.5, 0.6) is 0 Å². The molecule has 29 heavy (non-hydrogen) atoms. The number of rotatable bonds is 5. The Balaban J connectivity index is 1.53. The molecule has 0 amide bonds. The number of aromatic nitrogens is 4. The highest BCUT2D eigenvalue weighted by Gasteiger charge is 2.16. The zero-order chi connectivity index (χ0) is 20.2. The van der Waals surface area contributed by atoms with Crippen molar-refractivity contribution < 1.29 is 9.53 Å². The molecule has 0 aliphatic rings. The Morgan fingerprint density at radius 3 is 2.69 bits per heavy atom. The van der Waals surface area contributed by atoms with Crippen LogP contribution >= 0.6 is 11.8 Å². The lowest BCUT2D eigenvalue weighted by Gasteiger charge is -2.09. The molecule has 7 nitrogen and oxygen atoms in total. The van der Waals surface area contributed by atoms with Crippen molar-refractivity contribution in [3.05, 3.63) is 88.3 Å². The highest BCUT2D eigenvalue weighted by Crippen LogP contribution is 2.29. The summed E-state index contributed by atoms with van der Waals surface area (Å²) in [7, 11) is 0. The van der Waals surface area contributed by atoms with Gasteiger partial charge in [-0.05, 0) is 43.3 Å². The first-order valence-corrected chi connectivity index (χ1v) is 9.63. The minimum absolute atomic E-state index is 0.319. The zero-order valence-corrected chi connectivity index (χ0v) is 16.3. The summed E-state index contributed by atoms with van der Waals surface area (Å²) in [5.41, 5.74) is 1.59. The summed E-state index contributed by atoms with van der Waals surface area (Å²) in [6.07, 6.45) is 1.62. The minimum Gasteiger partial charge on any atom is -0.438 e. The molecule has 8 heteroatoms. The van der Waals surface area contributed by atoms with Gasteiger partial charge in [0.05, 0.1) is 10.9 Å². The number of benzene rings is 2. The van der Waals surface area contributed by atoms with Crippen LogP contribution in [0.1, 0.15) is 15.9 Å². The third kappa shape index (κ3) is 4.17. The third-order valence-electron chi connectivity index (χ3n) is 4.17. The van der Waals surface area contributed by atoms with E-state index in [9.17, 15) is 9.59 Å². The van der Waals surface area contributed by atoms with E-state index >= 15 is 0 Å². The number of pyridine rings is 1. The molecule has 0 spiro atoms. The molecule has 0 N–H and O–H groups in total. The smallest absolute Gasteiger partial charge is 0.342 e. The second-order valence-electron chi connectivity index (χ2n) is 6.24. The second-order valence-corrected chi connectivity index (χ2v) is 7.31. The summed E-state index contributed by atoms with van der Waals surface area (Å²) in [5, 5.41) is 8.74. The van der Waals surface area contributed by atoms with Gasteiger partial charge >= 0.3 is 5.97 Å². The van der Waals surface area contributed by atoms with E-state index in [1.54, 1.807) is 42.6 Å². The van der Waals surface area contributed by atoms with Crippen LogP contribution in [0.15, 0.2) is 81.6 Å². The SMILES string of the molecule is Cc1ccc(Sc2ncccc2C(=O)OCn2nnc3ccccc3c2=O)cc1. The quantitative estimate of drug-likeness (QED) is 0.471. The molecule has 0 saturated carbocycles. The Bertz CT molecular complexity index is 1240. The number of hydrogen-bond acceptors (Lipinski definition) is 7. The van der Waals surface area contributed by atoms with E-state index in [1.807, 2.05) is 31.2 Å². The first-order chi connectivity index (χ1) is 14.1. The Labute approximate surface area is 170 Å². The number of fused-ring (bicyclic) bond motifs is 1. The van der Waals surface area contributed by atoms with E-state index in [2.05, 4.69) is 15.3 Å². The molecule has 2 heterocycles. The predicted molar refractivity (Wildman–Crippen MR) is 109 cm³/mol. The molecule has 0 aliphatic heterocycles. The van der Waals surface area contributed by atoms with Crippen molar-refractivity contribution in [1.29, 1.82) is 0 Å². The fraction of sp³-hybridized carbons (Fsp3) is 0.0952. The van der Waals surface area contributed by atoms with E-state index in [0.29, 0.717) is 21.5 Å². The molecule has 2 aromatic carbocycles. The molecule has 0 unspecified atom stereocenters. The van der Waals surface area contributed by atoms with Crippen LogP contribution in [0.2, 0.25) is 0 Å². The lowest BCUT2D eigenvalue weighted by Crippen LogP contribution is -2.26. The van der Waals surface area contributed by atoms with Crippen LogP contribution in [-0.2, 0) is 11.5 Å². The van der Waals surface area contributed by atoms with Gasteiger partial charge in [0.25, 0.3) is 5.56 Å². The predicted octanol–water partition coefficient (Wildman–Crippen LogP) is 3.46. The van der Waals surface area contributed by atoms with Crippen molar-refractivity contribution in [2.45, 2.75) is 23.6 Å². The average molecular weight is 404 g/mol. The van der Waals surface area contributed by atoms with Crippen LogP contribution in [0.25, 0.3) is 10.9 Å². The van der Waals surface area contributed by atoms with Crippen LogP contribution < -0.4 is 5.56 Å². The Morgan fingerprint density at radius 1 is 1.07 bits per heavy atom. The van der Waals surface area contributed by atoms with Crippen molar-refractivity contribution in [3.63, 3.8) is 0 Å². The molecule has 4 rings (SSSR count). The van der Waals surface area contributed by atoms with Gasteiger partial charge in [-0.15, -0.1) is 5.10 Å². The lowest BCUT2D eigenvalue weighted by molar-refractivity contribution is 0.0331. The highest BCUT2D eigenvalue weighted by atomic mass is 32.2. The topological polar surface area (TPSA) is 87.0 Å². The molecular formula is C21H16N4O3S. The molecular weight excluding hydrogens is 388 g/mol. The van der Waals surface area contributed by atoms with E-state index < -0.39 is 5.97 Å². The monoisotopic (exact) mass is 404 g/mol. The summed E-state index contributed by atoms with van der Waals surface area (Å²) >= 11 is 1.37. The summed E-state index contributed by atoms with van der Waals surface area (Å²) in [5.74, 6) is -0.588. The molecule has 0 aliphatic carbocycles. The van der Waals surface area contributed by atoms with Crippen LogP contribution in [0.4, 0.5) is 0 Å². The fourth-order valence-corrected chi connectivity index (χ4v) is 3.52. The third-order valence-corrected chi connectivity index (χ3v) is 5.20. The maximum atomic E-state index is 12.6. The zero-order valence-electron chi connectivity index (χ0n) is 15.5. The molecule has 144 valence electrons. The number of ether oxygens (including phenoxy) is 1. The Morgan fingerprint density at radius 2 is 1.86 bits per heavy atom. The summed E-state index contributed by atoms with van der Waals surface area (Å²) in [6.45, 7) is 1.68. The van der Waals surface area contributed by atoms with Gasteiger partial charge in [-0.1, -0.05) is 46.8 Å². The van der Waals surface area contributed by atoms with Gasteiger partial charge in [0.2, 0.25) is 0 Å². The second kappa shape index (κ2) is 8.24. The van der Waals surface area contributed by atoms with Crippen LogP contribution in [0, 0.1) is 6.92 Å². The van der Waals surface area contributed by atoms with Gasteiger partial charge in [0.15, 0.2) is 6.73 Å². The number of hydrogen-bond donors (Lipinski definition) is 0. The van der Waals surface area contributed by atoms with Gasteiger partial charge in [-0.2, -0.15) is 4.68 Å². The largest absolute Gasteiger partial charge is 0.438 e. The molecule has 0 fully saturated rings. The summed E-state index contributed by atoms with van der Waals surface area (Å²) in [6, 6.07) is 18.1. The van der Waals surface area contributed by atoms with Crippen molar-refractivity contribution >= 4 is 28.6 Å². The Hall–Kier alpha value is -3.52. The fourth-order valence-electron chi connectivity index (χ4n) is 2.65. The molecule has 2 aromatic heterocycles. The van der Waals surface area contributed by atoms with Crippen molar-refractivity contribution in [3.8, 4) is 0 Å². The standard InChI is InChI=1S/C21H16N4O3S/c1-14-8-10-15(11-9-14)29-19-17(6-4-12-22-19)21(27)28-13-25-20(26)16-5-2-3-7-18(16)23-24-25/h2-12H,13H2,1H3. The first kappa shape index (κ1) is 18.8. The molecule has 4 aromatic rings. The molecule has 0 radical (unpaired) electrons. The van der Waals surface area contributed by atoms with Gasteiger partial charge in [0, 0.05) is 11.1 Å². The summed E-state index contributed by atoms with van der Waals surface area (Å²) < 4.78 is 6.33. The number of nitrogens with zero attached hydrogens (tertiary/aromatic N) is 4. The lowest BCUT2D eigenvalue weighted by atomic mass is 10.2. The maximum Gasteiger partial charge on any atom is 0.342 e. The van der Waals surface area contributed by atoms with Crippen LogP contribution in [-0.4, -0.2) is 25.9 Å². The van der Waals surface area contributed by atoms with E-state index in [1.165, 1.54) is 11.8 Å². The molecule has 0 saturated heterocycles. The normalized spacial score (nSPS) is 10.8. The first-order valence-electron chi connectivity index (χ1n) is 8.81.